The number of hydrogen-bond acceptors (Lipinski definition) is 3. The van der Waals surface area contributed by atoms with Crippen molar-refractivity contribution in [2.45, 2.75) is 33.4 Å². The maximum Gasteiger partial charge on any atom is 0.147 e. The normalized spacial score (nSPS) is 11.0. The van der Waals surface area contributed by atoms with Crippen molar-refractivity contribution in [3.63, 3.8) is 0 Å². The molecule has 3 aromatic rings. The van der Waals surface area contributed by atoms with E-state index in [0.29, 0.717) is 0 Å². The summed E-state index contributed by atoms with van der Waals surface area (Å²) in [5.41, 5.74) is 2.52. The van der Waals surface area contributed by atoms with E-state index in [-0.39, 0.29) is 0 Å². The van der Waals surface area contributed by atoms with Gasteiger partial charge in [-0.2, -0.15) is 10.2 Å². The van der Waals surface area contributed by atoms with E-state index in [1.54, 1.807) is 6.20 Å². The number of rotatable bonds is 5. The monoisotopic (exact) mass is 281 g/mol. The lowest BCUT2D eigenvalue weighted by molar-refractivity contribution is 0.562. The number of aryl methyl sites for hydroxylation is 4. The van der Waals surface area contributed by atoms with Crippen LogP contribution in [0.3, 0.4) is 0 Å². The summed E-state index contributed by atoms with van der Waals surface area (Å²) < 4.78 is 3.91. The highest BCUT2D eigenvalue weighted by atomic mass is 15.3. The maximum absolute atomic E-state index is 4.54. The average molecular weight is 281 g/mol. The predicted molar refractivity (Wildman–Crippen MR) is 81.0 cm³/mol. The van der Waals surface area contributed by atoms with Crippen LogP contribution in [0.2, 0.25) is 0 Å². The van der Waals surface area contributed by atoms with E-state index in [0.717, 1.165) is 31.2 Å². The van der Waals surface area contributed by atoms with Crippen LogP contribution in [0.25, 0.3) is 0 Å². The summed E-state index contributed by atoms with van der Waals surface area (Å²) in [6.07, 6.45) is 4.59. The Morgan fingerprint density at radius 3 is 2.81 bits per heavy atom. The van der Waals surface area contributed by atoms with Crippen LogP contribution < -0.4 is 0 Å². The summed E-state index contributed by atoms with van der Waals surface area (Å²) in [6.45, 7) is 5.62. The van der Waals surface area contributed by atoms with Crippen LogP contribution in [-0.2, 0) is 19.5 Å². The molecule has 5 nitrogen and oxygen atoms in total. The lowest BCUT2D eigenvalue weighted by Gasteiger charge is -2.07. The van der Waals surface area contributed by atoms with Gasteiger partial charge in [-0.05, 0) is 25.5 Å². The summed E-state index contributed by atoms with van der Waals surface area (Å²) >= 11 is 0. The van der Waals surface area contributed by atoms with Gasteiger partial charge in [0.25, 0.3) is 0 Å². The Morgan fingerprint density at radius 1 is 1.14 bits per heavy atom. The Morgan fingerprint density at radius 2 is 2.05 bits per heavy atom. The molecular weight excluding hydrogens is 262 g/mol. The molecule has 5 heteroatoms. The fourth-order valence-electron chi connectivity index (χ4n) is 2.44. The number of nitrogens with zero attached hydrogens (tertiary/aromatic N) is 5. The Labute approximate surface area is 124 Å². The van der Waals surface area contributed by atoms with E-state index in [2.05, 4.69) is 46.4 Å². The fraction of sp³-hybridized carbons (Fsp3) is 0.312. The molecule has 1 aromatic carbocycles. The minimum atomic E-state index is 0.761. The van der Waals surface area contributed by atoms with Crippen molar-refractivity contribution in [1.29, 1.82) is 0 Å². The SMILES string of the molecule is Cc1cccc(Cn2nc(C)nc2CCn2cccn2)c1. The third-order valence-corrected chi connectivity index (χ3v) is 3.39. The molecule has 0 aliphatic rings. The molecule has 0 saturated heterocycles. The molecule has 0 aliphatic carbocycles. The topological polar surface area (TPSA) is 48.5 Å². The lowest BCUT2D eigenvalue weighted by atomic mass is 10.1. The highest BCUT2D eigenvalue weighted by molar-refractivity contribution is 5.22. The first-order valence-corrected chi connectivity index (χ1v) is 7.14. The smallest absolute Gasteiger partial charge is 0.147 e. The molecule has 108 valence electrons. The molecule has 0 radical (unpaired) electrons. The summed E-state index contributed by atoms with van der Waals surface area (Å²) in [4.78, 5) is 4.54. The number of hydrogen-bond donors (Lipinski definition) is 0. The van der Waals surface area contributed by atoms with Crippen molar-refractivity contribution in [2.75, 3.05) is 0 Å². The molecule has 2 aromatic heterocycles. The van der Waals surface area contributed by atoms with Crippen LogP contribution in [0.5, 0.6) is 0 Å². The van der Waals surface area contributed by atoms with E-state index in [1.165, 1.54) is 11.1 Å². The van der Waals surface area contributed by atoms with Gasteiger partial charge in [0.05, 0.1) is 6.54 Å². The Kier molecular flexibility index (Phi) is 3.81. The minimum Gasteiger partial charge on any atom is -0.272 e. The molecule has 0 bridgehead atoms. The van der Waals surface area contributed by atoms with Gasteiger partial charge in [-0.1, -0.05) is 29.8 Å². The fourth-order valence-corrected chi connectivity index (χ4v) is 2.44. The Bertz CT molecular complexity index is 712. The molecule has 3 rings (SSSR count). The summed E-state index contributed by atoms with van der Waals surface area (Å²) in [7, 11) is 0. The quantitative estimate of drug-likeness (QED) is 0.721. The lowest BCUT2D eigenvalue weighted by Crippen LogP contribution is -2.10. The van der Waals surface area contributed by atoms with Gasteiger partial charge in [-0.25, -0.2) is 9.67 Å². The van der Waals surface area contributed by atoms with Crippen LogP contribution in [0.15, 0.2) is 42.7 Å². The molecule has 0 unspecified atom stereocenters. The molecule has 0 amide bonds. The second-order valence-corrected chi connectivity index (χ2v) is 5.24. The van der Waals surface area contributed by atoms with Gasteiger partial charge in [-0.3, -0.25) is 4.68 Å². The van der Waals surface area contributed by atoms with E-state index in [1.807, 2.05) is 28.6 Å². The second-order valence-electron chi connectivity index (χ2n) is 5.24. The summed E-state index contributed by atoms with van der Waals surface area (Å²) in [5, 5.41) is 8.73. The van der Waals surface area contributed by atoms with Crippen molar-refractivity contribution in [1.82, 2.24) is 24.5 Å². The molecule has 2 heterocycles. The first-order chi connectivity index (χ1) is 10.2. The van der Waals surface area contributed by atoms with Gasteiger partial charge >= 0.3 is 0 Å². The second kappa shape index (κ2) is 5.91. The van der Waals surface area contributed by atoms with Crippen LogP contribution in [-0.4, -0.2) is 24.5 Å². The summed E-state index contributed by atoms with van der Waals surface area (Å²) in [5.74, 6) is 1.82. The number of aromatic nitrogens is 5. The molecule has 0 saturated carbocycles. The van der Waals surface area contributed by atoms with Crippen molar-refractivity contribution < 1.29 is 0 Å². The first-order valence-electron chi connectivity index (χ1n) is 7.14. The maximum atomic E-state index is 4.54. The van der Waals surface area contributed by atoms with Gasteiger partial charge in [0.2, 0.25) is 0 Å². The van der Waals surface area contributed by atoms with Gasteiger partial charge in [0.1, 0.15) is 11.6 Å². The third kappa shape index (κ3) is 3.37. The van der Waals surface area contributed by atoms with E-state index >= 15 is 0 Å². The number of benzene rings is 1. The Balaban J connectivity index is 1.75. The van der Waals surface area contributed by atoms with Crippen LogP contribution >= 0.6 is 0 Å². The van der Waals surface area contributed by atoms with E-state index in [4.69, 9.17) is 0 Å². The highest BCUT2D eigenvalue weighted by Crippen LogP contribution is 2.09. The van der Waals surface area contributed by atoms with Crippen molar-refractivity contribution in [2.24, 2.45) is 0 Å². The molecule has 0 spiro atoms. The van der Waals surface area contributed by atoms with Crippen LogP contribution in [0.4, 0.5) is 0 Å². The van der Waals surface area contributed by atoms with Gasteiger partial charge in [0.15, 0.2) is 0 Å². The van der Waals surface area contributed by atoms with E-state index in [9.17, 15) is 0 Å². The van der Waals surface area contributed by atoms with E-state index < -0.39 is 0 Å². The molecule has 0 fully saturated rings. The molecule has 21 heavy (non-hydrogen) atoms. The molecule has 0 atom stereocenters. The standard InChI is InChI=1S/C16H19N5/c1-13-5-3-6-15(11-13)12-21-16(18-14(2)19-21)7-10-20-9-4-8-17-20/h3-6,8-9,11H,7,10,12H2,1-2H3. The zero-order chi connectivity index (χ0) is 14.7. The van der Waals surface area contributed by atoms with Gasteiger partial charge < -0.3 is 0 Å². The van der Waals surface area contributed by atoms with Crippen LogP contribution in [0.1, 0.15) is 22.8 Å². The first kappa shape index (κ1) is 13.5. The van der Waals surface area contributed by atoms with Gasteiger partial charge in [0, 0.05) is 25.4 Å². The zero-order valence-corrected chi connectivity index (χ0v) is 12.4. The highest BCUT2D eigenvalue weighted by Gasteiger charge is 2.08. The largest absolute Gasteiger partial charge is 0.272 e. The molecular formula is C16H19N5. The minimum absolute atomic E-state index is 0.761. The van der Waals surface area contributed by atoms with Crippen molar-refractivity contribution >= 4 is 0 Å². The average Bonchev–Trinajstić information content (AvgIpc) is 3.06. The third-order valence-electron chi connectivity index (χ3n) is 3.39. The van der Waals surface area contributed by atoms with Crippen molar-refractivity contribution in [3.8, 4) is 0 Å². The predicted octanol–water partition coefficient (Wildman–Crippen LogP) is 2.38. The van der Waals surface area contributed by atoms with Crippen molar-refractivity contribution in [3.05, 3.63) is 65.5 Å². The van der Waals surface area contributed by atoms with Crippen LogP contribution in [0, 0.1) is 13.8 Å². The Hall–Kier alpha value is -2.43. The molecule has 0 N–H and O–H groups in total. The molecule has 0 aliphatic heterocycles. The zero-order valence-electron chi connectivity index (χ0n) is 12.4. The summed E-state index contributed by atoms with van der Waals surface area (Å²) in [6, 6.07) is 10.4. The van der Waals surface area contributed by atoms with Gasteiger partial charge in [-0.15, -0.1) is 0 Å².